The Hall–Kier alpha value is -4.74. The van der Waals surface area contributed by atoms with Crippen molar-refractivity contribution in [3.8, 4) is 0 Å². The number of nitrogens with zero attached hydrogens (tertiary/aromatic N) is 6. The third-order valence-electron chi connectivity index (χ3n) is 6.13. The highest BCUT2D eigenvalue weighted by Gasteiger charge is 2.44. The van der Waals surface area contributed by atoms with E-state index in [1.165, 1.54) is 29.9 Å². The number of aromatic nitrogens is 8. The van der Waals surface area contributed by atoms with E-state index in [1.807, 2.05) is 0 Å². The van der Waals surface area contributed by atoms with Crippen LogP contribution in [0.2, 0.25) is 0 Å². The van der Waals surface area contributed by atoms with Gasteiger partial charge in [-0.25, -0.2) is 34.3 Å². The maximum Gasteiger partial charge on any atom is 0.466 e. The molecular formula is C24H36N9O18P. The van der Waals surface area contributed by atoms with Crippen LogP contribution in [-0.2, 0) is 23.7 Å². The summed E-state index contributed by atoms with van der Waals surface area (Å²) in [5.41, 5.74) is 6.72. The summed E-state index contributed by atoms with van der Waals surface area (Å²) in [6, 6.07) is 0. The van der Waals surface area contributed by atoms with Gasteiger partial charge in [0, 0.05) is 6.92 Å². The second-order valence-corrected chi connectivity index (χ2v) is 10.9. The lowest BCUT2D eigenvalue weighted by atomic mass is 10.0. The minimum atomic E-state index is -4.64. The van der Waals surface area contributed by atoms with Crippen molar-refractivity contribution in [3.05, 3.63) is 35.7 Å². The number of aldehydes is 1. The van der Waals surface area contributed by atoms with Gasteiger partial charge in [0.15, 0.2) is 35.1 Å². The molecule has 8 atom stereocenters. The number of ether oxygens (including phenoxy) is 1. The minimum Gasteiger partial charge on any atom is -0.476 e. The first-order valence-electron chi connectivity index (χ1n) is 13.9. The number of aromatic amines is 2. The van der Waals surface area contributed by atoms with E-state index in [9.17, 15) is 29.4 Å². The first-order valence-corrected chi connectivity index (χ1v) is 15.5. The van der Waals surface area contributed by atoms with Gasteiger partial charge in [0.05, 0.1) is 32.2 Å². The number of rotatable bonds is 8. The second kappa shape index (κ2) is 20.9. The molecule has 290 valence electrons. The highest BCUT2D eigenvalue weighted by molar-refractivity contribution is 7.45. The molecule has 0 unspecified atom stereocenters. The number of fused-ring (bicyclic) bond motifs is 2. The number of H-pyrrole nitrogens is 2. The zero-order chi connectivity index (χ0) is 39.9. The molecule has 0 bridgehead atoms. The normalized spacial score (nSPS) is 20.2. The predicted octanol–water partition coefficient (Wildman–Crippen LogP) is -6.98. The summed E-state index contributed by atoms with van der Waals surface area (Å²) in [6.45, 7) is -0.179. The van der Waals surface area contributed by atoms with Crippen molar-refractivity contribution < 1.29 is 84.3 Å². The number of aliphatic carboxylic acids is 1. The summed E-state index contributed by atoms with van der Waals surface area (Å²) >= 11 is 0. The fourth-order valence-corrected chi connectivity index (χ4v) is 3.56. The van der Waals surface area contributed by atoms with Crippen molar-refractivity contribution in [1.82, 2.24) is 39.5 Å². The third kappa shape index (κ3) is 13.8. The molecule has 4 aromatic rings. The fourth-order valence-electron chi connectivity index (χ4n) is 3.56. The number of aliphatic hydroxyl groups is 8. The van der Waals surface area contributed by atoms with E-state index >= 15 is 0 Å². The summed E-state index contributed by atoms with van der Waals surface area (Å²) in [5.74, 6) is -1.77. The number of carboxylic acid groups (broad SMARTS) is 1. The van der Waals surface area contributed by atoms with E-state index in [1.54, 1.807) is 0 Å². The van der Waals surface area contributed by atoms with Crippen LogP contribution in [0.4, 0.5) is 5.82 Å². The van der Waals surface area contributed by atoms with Crippen molar-refractivity contribution in [2.45, 2.75) is 55.9 Å². The zero-order valence-corrected chi connectivity index (χ0v) is 27.3. The van der Waals surface area contributed by atoms with Crippen LogP contribution < -0.4 is 11.3 Å². The van der Waals surface area contributed by atoms with Crippen LogP contribution in [0.15, 0.2) is 30.1 Å². The number of phosphoric acid groups is 1. The van der Waals surface area contributed by atoms with Crippen molar-refractivity contribution in [1.29, 1.82) is 0 Å². The monoisotopic (exact) mass is 769 g/mol. The number of aliphatic hydroxyl groups excluding tert-OH is 8. The lowest BCUT2D eigenvalue weighted by Gasteiger charge is -2.22. The van der Waals surface area contributed by atoms with E-state index < -0.39 is 87.3 Å². The van der Waals surface area contributed by atoms with Gasteiger partial charge in [0.2, 0.25) is 5.78 Å². The number of carboxylic acids is 1. The van der Waals surface area contributed by atoms with E-state index in [2.05, 4.69) is 34.9 Å². The molecule has 1 saturated heterocycles. The molecule has 5 heterocycles. The zero-order valence-electron chi connectivity index (χ0n) is 26.4. The van der Waals surface area contributed by atoms with Crippen molar-refractivity contribution >= 4 is 54.0 Å². The second-order valence-electron chi connectivity index (χ2n) is 9.88. The fraction of sp³-hybridized carbons (Fsp3) is 0.458. The Morgan fingerprint density at radius 1 is 1.00 bits per heavy atom. The number of nitrogens with two attached hydrogens (primary N) is 1. The Bertz CT molecular complexity index is 1810. The van der Waals surface area contributed by atoms with Gasteiger partial charge in [-0.1, -0.05) is 0 Å². The molecule has 0 radical (unpaired) electrons. The molecule has 27 nitrogen and oxygen atoms in total. The Morgan fingerprint density at radius 2 is 1.58 bits per heavy atom. The van der Waals surface area contributed by atoms with Crippen LogP contribution in [0.25, 0.3) is 22.3 Å². The van der Waals surface area contributed by atoms with Crippen molar-refractivity contribution in [2.24, 2.45) is 0 Å². The highest BCUT2D eigenvalue weighted by Crippen LogP contribution is 2.30. The molecule has 5 rings (SSSR count). The van der Waals surface area contributed by atoms with Crippen LogP contribution in [0.3, 0.4) is 0 Å². The summed E-state index contributed by atoms with van der Waals surface area (Å²) in [7, 11) is -4.64. The number of ketones is 1. The maximum atomic E-state index is 11.5. The lowest BCUT2D eigenvalue weighted by molar-refractivity contribution is -0.148. The predicted molar refractivity (Wildman–Crippen MR) is 167 cm³/mol. The SMILES string of the molecule is CC(=O)C(=O)O.Nc1ncnc2nc[nH]c12.O=C[C@H](O)[C@@H](O)[C@H](O)[C@H](O)CO.O=P(O)(O)O.O=c1[nH]cnc2c1ncn2[C@@H]1O[C@H](CO)[C@@H](O)[C@H]1O. The number of carbonyl (C=O) groups excluding carboxylic acids is 2. The quantitative estimate of drug-likeness (QED) is 0.0450. The van der Waals surface area contributed by atoms with Gasteiger partial charge < -0.3 is 85.9 Å². The molecule has 4 aromatic heterocycles. The van der Waals surface area contributed by atoms with Crippen molar-refractivity contribution in [3.63, 3.8) is 0 Å². The lowest BCUT2D eigenvalue weighted by Crippen LogP contribution is -2.46. The molecule has 0 spiro atoms. The smallest absolute Gasteiger partial charge is 0.466 e. The summed E-state index contributed by atoms with van der Waals surface area (Å²) < 4.78 is 15.6. The van der Waals surface area contributed by atoms with Gasteiger partial charge in [0.1, 0.15) is 54.6 Å². The molecule has 28 heteroatoms. The molecule has 1 aliphatic rings. The van der Waals surface area contributed by atoms with Crippen LogP contribution >= 0.6 is 7.82 Å². The Kier molecular flexibility index (Phi) is 18.2. The number of imidazole rings is 2. The molecule has 0 aliphatic carbocycles. The van der Waals surface area contributed by atoms with Crippen LogP contribution in [0.1, 0.15) is 13.2 Å². The third-order valence-corrected chi connectivity index (χ3v) is 6.13. The topological polar surface area (TPSA) is 464 Å². The number of nitrogens with one attached hydrogen (secondary N) is 2. The minimum absolute atomic E-state index is 0.0258. The van der Waals surface area contributed by atoms with E-state index in [4.69, 9.17) is 65.5 Å². The number of hydrogen-bond donors (Lipinski definition) is 15. The molecule has 1 aliphatic heterocycles. The Labute approximate surface area is 288 Å². The molecule has 52 heavy (non-hydrogen) atoms. The van der Waals surface area contributed by atoms with E-state index in [0.717, 1.165) is 6.92 Å². The molecule has 0 aromatic carbocycles. The Morgan fingerprint density at radius 3 is 2.06 bits per heavy atom. The summed E-state index contributed by atoms with van der Waals surface area (Å²) in [5, 5.41) is 79.8. The van der Waals surface area contributed by atoms with Crippen LogP contribution in [-0.4, -0.2) is 174 Å². The number of carbonyl (C=O) groups is 3. The number of nitrogen functional groups attached to an aromatic ring is 1. The van der Waals surface area contributed by atoms with Gasteiger partial charge in [0.25, 0.3) is 5.56 Å². The maximum absolute atomic E-state index is 11.5. The summed E-state index contributed by atoms with van der Waals surface area (Å²) in [6.07, 6.45) is -5.70. The molecule has 0 saturated carbocycles. The van der Waals surface area contributed by atoms with E-state index in [-0.39, 0.29) is 17.5 Å². The standard InChI is InChI=1S/C10H12N4O5.C6H12O6.C5H5N5.C3H4O3.H3O4P/c15-1-4-6(16)7(17)10(19-4)14-3-13-5-8(14)11-2-12-9(5)18;7-1-3(9)5(11)6(12)4(10)2-8;6-4-3-5(9-1-7-3)10-2-8-4;1-2(4)3(5)6;1-5(2,3)4/h2-4,6-7,10,15-17H,1H2,(H,11,12,18);1,3-6,8-12H,2H2;1-2H,(H3,6,7,8,9,10);1H3,(H,5,6);(H3,1,2,3,4)/t4-,6-,7-,10-;3-,4+,5+,6+;;;/m10.../s1. The molecular weight excluding hydrogens is 733 g/mol. The molecule has 16 N–H and O–H groups in total. The van der Waals surface area contributed by atoms with Gasteiger partial charge in [-0.2, -0.15) is 0 Å². The Balaban J connectivity index is 0.000000355. The van der Waals surface area contributed by atoms with Gasteiger partial charge in [-0.15, -0.1) is 0 Å². The average molecular weight is 770 g/mol. The first kappa shape index (κ1) is 45.3. The van der Waals surface area contributed by atoms with Crippen LogP contribution in [0.5, 0.6) is 0 Å². The van der Waals surface area contributed by atoms with Gasteiger partial charge in [-0.3, -0.25) is 14.2 Å². The van der Waals surface area contributed by atoms with E-state index in [0.29, 0.717) is 17.0 Å². The largest absolute Gasteiger partial charge is 0.476 e. The van der Waals surface area contributed by atoms with Crippen molar-refractivity contribution in [2.75, 3.05) is 18.9 Å². The number of Topliss-reactive ketones (excluding diaryl/α,β-unsaturated/α-hetero) is 1. The number of anilines is 1. The number of hydrogen-bond acceptors (Lipinski definition) is 20. The first-order chi connectivity index (χ1) is 24.2. The van der Waals surface area contributed by atoms with Crippen LogP contribution in [0, 0.1) is 0 Å². The molecule has 0 amide bonds. The van der Waals surface area contributed by atoms with Gasteiger partial charge in [-0.05, 0) is 0 Å². The molecule has 1 fully saturated rings. The summed E-state index contributed by atoms with van der Waals surface area (Å²) in [4.78, 5) is 86.5. The van der Waals surface area contributed by atoms with Gasteiger partial charge >= 0.3 is 13.8 Å². The average Bonchev–Trinajstić information content (AvgIpc) is 3.82. The highest BCUT2D eigenvalue weighted by atomic mass is 31.2.